The number of aromatic carboxylic acids is 1. The molecule has 0 aliphatic heterocycles. The Labute approximate surface area is 115 Å². The van der Waals surface area contributed by atoms with Gasteiger partial charge in [-0.1, -0.05) is 6.92 Å². The van der Waals surface area contributed by atoms with Crippen molar-refractivity contribution in [3.63, 3.8) is 0 Å². The predicted octanol–water partition coefficient (Wildman–Crippen LogP) is 2.50. The minimum Gasteiger partial charge on any atom is -0.496 e. The number of hydrogen-bond donors (Lipinski definition) is 1. The molecular formula is C14H15FN2O3. The third-order valence-corrected chi connectivity index (χ3v) is 3.12. The van der Waals surface area contributed by atoms with E-state index in [1.165, 1.54) is 23.9 Å². The van der Waals surface area contributed by atoms with Gasteiger partial charge in [0.1, 0.15) is 11.6 Å². The van der Waals surface area contributed by atoms with Gasteiger partial charge in [0.15, 0.2) is 5.69 Å². The summed E-state index contributed by atoms with van der Waals surface area (Å²) in [5, 5.41) is 12.9. The summed E-state index contributed by atoms with van der Waals surface area (Å²) in [6.07, 6.45) is 0.534. The lowest BCUT2D eigenvalue weighted by Gasteiger charge is -2.11. The summed E-state index contributed by atoms with van der Waals surface area (Å²) in [5.41, 5.74) is 1.66. The summed E-state index contributed by atoms with van der Waals surface area (Å²) in [5.74, 6) is -1.10. The zero-order valence-electron chi connectivity index (χ0n) is 11.5. The van der Waals surface area contributed by atoms with Gasteiger partial charge in [-0.15, -0.1) is 0 Å². The number of ether oxygens (including phenoxy) is 1. The van der Waals surface area contributed by atoms with Gasteiger partial charge in [-0.3, -0.25) is 4.68 Å². The van der Waals surface area contributed by atoms with Gasteiger partial charge < -0.3 is 9.84 Å². The first-order valence-electron chi connectivity index (χ1n) is 6.12. The van der Waals surface area contributed by atoms with Crippen LogP contribution in [0.5, 0.6) is 5.75 Å². The molecule has 5 nitrogen and oxygen atoms in total. The molecule has 2 rings (SSSR count). The molecule has 1 heterocycles. The van der Waals surface area contributed by atoms with Gasteiger partial charge in [-0.05, 0) is 24.1 Å². The van der Waals surface area contributed by atoms with Crippen LogP contribution in [0.2, 0.25) is 0 Å². The van der Waals surface area contributed by atoms with Crippen molar-refractivity contribution in [3.05, 3.63) is 35.3 Å². The summed E-state index contributed by atoms with van der Waals surface area (Å²) < 4.78 is 20.4. The summed E-state index contributed by atoms with van der Waals surface area (Å²) in [7, 11) is 3.08. The number of carbonyl (C=O) groups is 1. The first kappa shape index (κ1) is 14.0. The maximum atomic E-state index is 13.8. The molecule has 1 aromatic carbocycles. The molecule has 0 aliphatic rings. The fourth-order valence-electron chi connectivity index (χ4n) is 2.06. The van der Waals surface area contributed by atoms with Gasteiger partial charge in [0.25, 0.3) is 0 Å². The zero-order chi connectivity index (χ0) is 14.9. The highest BCUT2D eigenvalue weighted by atomic mass is 19.1. The van der Waals surface area contributed by atoms with E-state index >= 15 is 0 Å². The lowest BCUT2D eigenvalue weighted by atomic mass is 10.0. The minimum atomic E-state index is -1.11. The van der Waals surface area contributed by atoms with Crippen LogP contribution < -0.4 is 4.74 Å². The monoisotopic (exact) mass is 278 g/mol. The van der Waals surface area contributed by atoms with E-state index in [0.717, 1.165) is 0 Å². The van der Waals surface area contributed by atoms with Gasteiger partial charge in [0, 0.05) is 18.7 Å². The second kappa shape index (κ2) is 5.32. The van der Waals surface area contributed by atoms with Gasteiger partial charge in [0.05, 0.1) is 12.8 Å². The summed E-state index contributed by atoms with van der Waals surface area (Å²) in [6, 6.07) is 4.41. The number of carboxylic acid groups (broad SMARTS) is 1. The molecule has 106 valence electrons. The number of halogens is 1. The molecule has 0 saturated heterocycles. The fourth-order valence-corrected chi connectivity index (χ4v) is 2.06. The SMILES string of the molecule is CCc1cc(-c2cc(C(=O)O)nn2C)c(OC)cc1F. The van der Waals surface area contributed by atoms with Crippen LogP contribution in [-0.4, -0.2) is 28.0 Å². The average molecular weight is 278 g/mol. The molecule has 0 unspecified atom stereocenters. The molecule has 0 atom stereocenters. The Kier molecular flexibility index (Phi) is 3.74. The van der Waals surface area contributed by atoms with Gasteiger partial charge in [-0.25, -0.2) is 9.18 Å². The summed E-state index contributed by atoms with van der Waals surface area (Å²) in [4.78, 5) is 11.0. The Hall–Kier alpha value is -2.37. The number of rotatable bonds is 4. The zero-order valence-corrected chi connectivity index (χ0v) is 11.5. The van der Waals surface area contributed by atoms with Crippen molar-refractivity contribution in [1.29, 1.82) is 0 Å². The van der Waals surface area contributed by atoms with Crippen LogP contribution in [0.25, 0.3) is 11.3 Å². The van der Waals surface area contributed by atoms with Crippen LogP contribution in [0.15, 0.2) is 18.2 Å². The van der Waals surface area contributed by atoms with Crippen molar-refractivity contribution in [2.75, 3.05) is 7.11 Å². The molecule has 0 spiro atoms. The predicted molar refractivity (Wildman–Crippen MR) is 71.5 cm³/mol. The molecule has 1 N–H and O–H groups in total. The highest BCUT2D eigenvalue weighted by molar-refractivity contribution is 5.87. The van der Waals surface area contributed by atoms with E-state index in [1.807, 2.05) is 6.92 Å². The van der Waals surface area contributed by atoms with E-state index in [9.17, 15) is 9.18 Å². The number of benzene rings is 1. The smallest absolute Gasteiger partial charge is 0.356 e. The number of aryl methyl sites for hydroxylation is 2. The normalized spacial score (nSPS) is 10.6. The molecule has 0 saturated carbocycles. The van der Waals surface area contributed by atoms with Crippen molar-refractivity contribution in [2.24, 2.45) is 7.05 Å². The minimum absolute atomic E-state index is 0.0630. The first-order valence-corrected chi connectivity index (χ1v) is 6.12. The molecular weight excluding hydrogens is 263 g/mol. The highest BCUT2D eigenvalue weighted by Gasteiger charge is 2.17. The second-order valence-electron chi connectivity index (χ2n) is 4.34. The van der Waals surface area contributed by atoms with Crippen molar-refractivity contribution in [1.82, 2.24) is 9.78 Å². The van der Waals surface area contributed by atoms with E-state index in [0.29, 0.717) is 29.0 Å². The van der Waals surface area contributed by atoms with Gasteiger partial charge >= 0.3 is 5.97 Å². The topological polar surface area (TPSA) is 64.3 Å². The third-order valence-electron chi connectivity index (χ3n) is 3.12. The Morgan fingerprint density at radius 1 is 1.45 bits per heavy atom. The number of nitrogens with zero attached hydrogens (tertiary/aromatic N) is 2. The quantitative estimate of drug-likeness (QED) is 0.933. The maximum absolute atomic E-state index is 13.8. The Morgan fingerprint density at radius 2 is 2.15 bits per heavy atom. The van der Waals surface area contributed by atoms with Crippen LogP contribution in [-0.2, 0) is 13.5 Å². The second-order valence-corrected chi connectivity index (χ2v) is 4.34. The first-order chi connectivity index (χ1) is 9.47. The molecule has 6 heteroatoms. The van der Waals surface area contributed by atoms with Crippen LogP contribution in [0.4, 0.5) is 4.39 Å². The lowest BCUT2D eigenvalue weighted by Crippen LogP contribution is -2.00. The van der Waals surface area contributed by atoms with Crippen LogP contribution in [0.3, 0.4) is 0 Å². The van der Waals surface area contributed by atoms with E-state index in [2.05, 4.69) is 5.10 Å². The number of hydrogen-bond acceptors (Lipinski definition) is 3. The molecule has 1 aromatic heterocycles. The Balaban J connectivity index is 2.64. The molecule has 0 aliphatic carbocycles. The number of aromatic nitrogens is 2. The molecule has 0 fully saturated rings. The highest BCUT2D eigenvalue weighted by Crippen LogP contribution is 2.32. The van der Waals surface area contributed by atoms with Gasteiger partial charge in [0.2, 0.25) is 0 Å². The maximum Gasteiger partial charge on any atom is 0.356 e. The van der Waals surface area contributed by atoms with Crippen LogP contribution in [0, 0.1) is 5.82 Å². The van der Waals surface area contributed by atoms with Crippen LogP contribution >= 0.6 is 0 Å². The van der Waals surface area contributed by atoms with Crippen molar-refractivity contribution >= 4 is 5.97 Å². The molecule has 0 amide bonds. The van der Waals surface area contributed by atoms with E-state index in [1.54, 1.807) is 13.1 Å². The van der Waals surface area contributed by atoms with Crippen molar-refractivity contribution in [3.8, 4) is 17.0 Å². The standard InChI is InChI=1S/C14H15FN2O3/c1-4-8-5-9(13(20-3)6-10(8)15)12-7-11(14(18)19)16-17(12)2/h5-7H,4H2,1-3H3,(H,18,19). The third kappa shape index (κ3) is 2.36. The molecule has 0 radical (unpaired) electrons. The Morgan fingerprint density at radius 3 is 2.65 bits per heavy atom. The summed E-state index contributed by atoms with van der Waals surface area (Å²) >= 11 is 0. The van der Waals surface area contributed by atoms with E-state index < -0.39 is 5.97 Å². The number of carboxylic acids is 1. The summed E-state index contributed by atoms with van der Waals surface area (Å²) in [6.45, 7) is 1.85. The molecule has 20 heavy (non-hydrogen) atoms. The van der Waals surface area contributed by atoms with Gasteiger partial charge in [-0.2, -0.15) is 5.10 Å². The largest absolute Gasteiger partial charge is 0.496 e. The average Bonchev–Trinajstić information content (AvgIpc) is 2.80. The lowest BCUT2D eigenvalue weighted by molar-refractivity contribution is 0.0689. The molecule has 0 bridgehead atoms. The molecule has 2 aromatic rings. The van der Waals surface area contributed by atoms with Crippen molar-refractivity contribution < 1.29 is 19.0 Å². The Bertz CT molecular complexity index is 665. The van der Waals surface area contributed by atoms with Crippen LogP contribution in [0.1, 0.15) is 23.0 Å². The van der Waals surface area contributed by atoms with Crippen molar-refractivity contribution in [2.45, 2.75) is 13.3 Å². The number of methoxy groups -OCH3 is 1. The van der Waals surface area contributed by atoms with E-state index in [4.69, 9.17) is 9.84 Å². The van der Waals surface area contributed by atoms with E-state index in [-0.39, 0.29) is 11.5 Å². The fraction of sp³-hybridized carbons (Fsp3) is 0.286.